The van der Waals surface area contributed by atoms with Crippen LogP contribution in [0.3, 0.4) is 0 Å². The lowest BCUT2D eigenvalue weighted by atomic mass is 9.75. The molecule has 1 aliphatic rings. The SMILES string of the molecule is c1ccc(-c2ccc(C3Cc4ccc(-c5ccc6c(c5)c5ccccc5n6-c5ccc(-c6ccc7c(c6)oc6ccccc67)cc5)cc4-c4ccccc43)cc2)cc1. The van der Waals surface area contributed by atoms with E-state index in [-0.39, 0.29) is 0 Å². The third-order valence-electron chi connectivity index (χ3n) is 12.4. The molecule has 2 nitrogen and oxygen atoms in total. The van der Waals surface area contributed by atoms with E-state index in [0.29, 0.717) is 5.92 Å². The van der Waals surface area contributed by atoms with E-state index in [0.717, 1.165) is 45.2 Å². The summed E-state index contributed by atoms with van der Waals surface area (Å²) in [7, 11) is 0. The van der Waals surface area contributed by atoms with Gasteiger partial charge in [-0.25, -0.2) is 0 Å². The molecule has 0 spiro atoms. The molecule has 2 heterocycles. The van der Waals surface area contributed by atoms with Crippen LogP contribution in [0.4, 0.5) is 0 Å². The van der Waals surface area contributed by atoms with Crippen LogP contribution in [0.25, 0.3) is 93.9 Å². The van der Waals surface area contributed by atoms with Crippen molar-refractivity contribution < 1.29 is 4.42 Å². The zero-order chi connectivity index (χ0) is 38.2. The van der Waals surface area contributed by atoms with Crippen molar-refractivity contribution in [3.8, 4) is 50.2 Å². The number of benzene rings is 9. The van der Waals surface area contributed by atoms with E-state index in [9.17, 15) is 0 Å². The van der Waals surface area contributed by atoms with Gasteiger partial charge in [0.05, 0.1) is 11.0 Å². The fraction of sp³-hybridized carbons (Fsp3) is 0.0357. The van der Waals surface area contributed by atoms with Crippen LogP contribution < -0.4 is 0 Å². The van der Waals surface area contributed by atoms with E-state index in [1.165, 1.54) is 71.9 Å². The highest BCUT2D eigenvalue weighted by Crippen LogP contribution is 2.45. The van der Waals surface area contributed by atoms with Crippen molar-refractivity contribution in [1.29, 1.82) is 0 Å². The molecule has 1 atom stereocenters. The summed E-state index contributed by atoms with van der Waals surface area (Å²) in [4.78, 5) is 0. The first-order chi connectivity index (χ1) is 28.7. The van der Waals surface area contributed by atoms with Crippen LogP contribution >= 0.6 is 0 Å². The molecule has 0 aliphatic heterocycles. The van der Waals surface area contributed by atoms with Gasteiger partial charge in [-0.2, -0.15) is 0 Å². The number of hydrogen-bond donors (Lipinski definition) is 0. The Labute approximate surface area is 336 Å². The average molecular weight is 740 g/mol. The standard InChI is InChI=1S/C56H37NO/c1-2-10-36(11-3-1)37-18-20-39(21-19-37)50-34-43-23-22-40(32-51(43)46-13-5-4-12-45(46)50)41-27-31-54-52(33-41)47-14-6-8-16-53(47)57(54)44-28-24-38(25-29-44)42-26-30-49-48-15-7-9-17-55(48)58-56(49)35-42/h1-33,35,50H,34H2. The molecule has 1 aliphatic carbocycles. The first kappa shape index (κ1) is 32.8. The van der Waals surface area contributed by atoms with E-state index in [2.05, 4.69) is 199 Å². The van der Waals surface area contributed by atoms with Crippen LogP contribution in [0.5, 0.6) is 0 Å². The predicted octanol–water partition coefficient (Wildman–Crippen LogP) is 15.0. The van der Waals surface area contributed by atoms with Crippen LogP contribution in [-0.2, 0) is 6.42 Å². The lowest BCUT2D eigenvalue weighted by molar-refractivity contribution is 0.669. The first-order valence-corrected chi connectivity index (χ1v) is 20.2. The smallest absolute Gasteiger partial charge is 0.136 e. The molecular weight excluding hydrogens is 703 g/mol. The molecule has 272 valence electrons. The minimum Gasteiger partial charge on any atom is -0.456 e. The number of hydrogen-bond acceptors (Lipinski definition) is 1. The van der Waals surface area contributed by atoms with Crippen molar-refractivity contribution in [1.82, 2.24) is 4.57 Å². The lowest BCUT2D eigenvalue weighted by Crippen LogP contribution is -2.12. The molecular formula is C56H37NO. The molecule has 0 fully saturated rings. The Morgan fingerprint density at radius 2 is 0.983 bits per heavy atom. The summed E-state index contributed by atoms with van der Waals surface area (Å²) in [6.07, 6.45) is 0.983. The summed E-state index contributed by atoms with van der Waals surface area (Å²) in [5, 5.41) is 4.81. The van der Waals surface area contributed by atoms with Gasteiger partial charge in [-0.05, 0) is 122 Å². The molecule has 2 aromatic heterocycles. The van der Waals surface area contributed by atoms with Gasteiger partial charge in [0, 0.05) is 33.2 Å². The number of fused-ring (bicyclic) bond motifs is 9. The molecule has 0 N–H and O–H groups in total. The van der Waals surface area contributed by atoms with E-state index >= 15 is 0 Å². The average Bonchev–Trinajstić information content (AvgIpc) is 3.84. The van der Waals surface area contributed by atoms with Crippen LogP contribution in [0, 0.1) is 0 Å². The topological polar surface area (TPSA) is 18.1 Å². The van der Waals surface area contributed by atoms with Gasteiger partial charge in [-0.15, -0.1) is 0 Å². The van der Waals surface area contributed by atoms with E-state index < -0.39 is 0 Å². The molecule has 0 saturated carbocycles. The number of rotatable bonds is 5. The Balaban J connectivity index is 0.887. The number of nitrogens with zero attached hydrogens (tertiary/aromatic N) is 1. The summed E-state index contributed by atoms with van der Waals surface area (Å²) in [6, 6.07) is 75.4. The fourth-order valence-electron chi connectivity index (χ4n) is 9.54. The summed E-state index contributed by atoms with van der Waals surface area (Å²) in [5.74, 6) is 0.316. The van der Waals surface area contributed by atoms with Crippen LogP contribution in [-0.4, -0.2) is 4.57 Å². The number of furan rings is 1. The Hall–Kier alpha value is -7.42. The van der Waals surface area contributed by atoms with Gasteiger partial charge in [0.2, 0.25) is 0 Å². The van der Waals surface area contributed by atoms with E-state index in [1.807, 2.05) is 12.1 Å². The van der Waals surface area contributed by atoms with Gasteiger partial charge in [0.1, 0.15) is 11.2 Å². The zero-order valence-corrected chi connectivity index (χ0v) is 31.8. The number of aromatic nitrogens is 1. The molecule has 0 saturated heterocycles. The molecule has 0 amide bonds. The summed E-state index contributed by atoms with van der Waals surface area (Å²) < 4.78 is 8.61. The quantitative estimate of drug-likeness (QED) is 0.172. The molecule has 2 heteroatoms. The summed E-state index contributed by atoms with van der Waals surface area (Å²) >= 11 is 0. The molecule has 12 rings (SSSR count). The van der Waals surface area contributed by atoms with Crippen LogP contribution in [0.2, 0.25) is 0 Å². The van der Waals surface area contributed by atoms with Crippen molar-refractivity contribution >= 4 is 43.7 Å². The van der Waals surface area contributed by atoms with Gasteiger partial charge < -0.3 is 8.98 Å². The monoisotopic (exact) mass is 739 g/mol. The number of para-hydroxylation sites is 2. The van der Waals surface area contributed by atoms with Gasteiger partial charge in [0.25, 0.3) is 0 Å². The van der Waals surface area contributed by atoms with Gasteiger partial charge in [0.15, 0.2) is 0 Å². The highest BCUT2D eigenvalue weighted by atomic mass is 16.3. The molecule has 9 aromatic carbocycles. The molecule has 1 unspecified atom stereocenters. The Morgan fingerprint density at radius 1 is 0.379 bits per heavy atom. The third kappa shape index (κ3) is 5.26. The van der Waals surface area contributed by atoms with Crippen molar-refractivity contribution in [3.05, 3.63) is 223 Å². The van der Waals surface area contributed by atoms with Crippen molar-refractivity contribution in [2.24, 2.45) is 0 Å². The summed E-state index contributed by atoms with van der Waals surface area (Å²) in [5.41, 5.74) is 19.5. The molecule has 0 radical (unpaired) electrons. The normalized spacial score (nSPS) is 13.6. The van der Waals surface area contributed by atoms with E-state index in [4.69, 9.17) is 4.42 Å². The second kappa shape index (κ2) is 13.1. The van der Waals surface area contributed by atoms with Crippen molar-refractivity contribution in [3.63, 3.8) is 0 Å². The first-order valence-electron chi connectivity index (χ1n) is 20.2. The second-order valence-electron chi connectivity index (χ2n) is 15.6. The fourth-order valence-corrected chi connectivity index (χ4v) is 9.54. The van der Waals surface area contributed by atoms with Gasteiger partial charge >= 0.3 is 0 Å². The maximum Gasteiger partial charge on any atom is 0.136 e. The Bertz CT molecular complexity index is 3350. The zero-order valence-electron chi connectivity index (χ0n) is 31.8. The third-order valence-corrected chi connectivity index (χ3v) is 12.4. The maximum absolute atomic E-state index is 6.21. The summed E-state index contributed by atoms with van der Waals surface area (Å²) in [6.45, 7) is 0. The molecule has 0 bridgehead atoms. The lowest BCUT2D eigenvalue weighted by Gasteiger charge is -2.29. The molecule has 11 aromatic rings. The van der Waals surface area contributed by atoms with E-state index in [1.54, 1.807) is 0 Å². The van der Waals surface area contributed by atoms with Crippen LogP contribution in [0.1, 0.15) is 22.6 Å². The predicted molar refractivity (Wildman–Crippen MR) is 242 cm³/mol. The van der Waals surface area contributed by atoms with Crippen molar-refractivity contribution in [2.75, 3.05) is 0 Å². The maximum atomic E-state index is 6.21. The minimum atomic E-state index is 0.316. The Kier molecular flexibility index (Phi) is 7.39. The minimum absolute atomic E-state index is 0.316. The Morgan fingerprint density at radius 3 is 1.86 bits per heavy atom. The van der Waals surface area contributed by atoms with Crippen LogP contribution in [0.15, 0.2) is 211 Å². The largest absolute Gasteiger partial charge is 0.456 e. The van der Waals surface area contributed by atoms with Gasteiger partial charge in [-0.1, -0.05) is 152 Å². The second-order valence-corrected chi connectivity index (χ2v) is 15.6. The van der Waals surface area contributed by atoms with Crippen molar-refractivity contribution in [2.45, 2.75) is 12.3 Å². The highest BCUT2D eigenvalue weighted by Gasteiger charge is 2.26. The molecule has 58 heavy (non-hydrogen) atoms. The highest BCUT2D eigenvalue weighted by molar-refractivity contribution is 6.11. The van der Waals surface area contributed by atoms with Gasteiger partial charge in [-0.3, -0.25) is 0 Å².